The van der Waals surface area contributed by atoms with E-state index in [0.717, 1.165) is 16.0 Å². The van der Waals surface area contributed by atoms with Gasteiger partial charge in [0.1, 0.15) is 4.60 Å². The lowest BCUT2D eigenvalue weighted by molar-refractivity contribution is 0.785. The predicted octanol–water partition coefficient (Wildman–Crippen LogP) is 3.24. The van der Waals surface area contributed by atoms with Crippen LogP contribution in [-0.2, 0) is 0 Å². The van der Waals surface area contributed by atoms with Crippen molar-refractivity contribution in [2.24, 2.45) is 0 Å². The molecule has 1 aromatic rings. The molecule has 0 aliphatic heterocycles. The van der Waals surface area contributed by atoms with Gasteiger partial charge in [0.2, 0.25) is 0 Å². The van der Waals surface area contributed by atoms with Gasteiger partial charge in [0, 0.05) is 5.92 Å². The van der Waals surface area contributed by atoms with Crippen LogP contribution >= 0.6 is 15.9 Å². The number of hydrogen-bond donors (Lipinski definition) is 0. The maximum atomic E-state index is 4.62. The van der Waals surface area contributed by atoms with E-state index in [1.807, 2.05) is 6.20 Å². The van der Waals surface area contributed by atoms with Gasteiger partial charge in [-0.1, -0.05) is 13.8 Å². The Kier molecular flexibility index (Phi) is 2.37. The Balaban J connectivity index is 2.36. The Morgan fingerprint density at radius 2 is 2.15 bits per heavy atom. The summed E-state index contributed by atoms with van der Waals surface area (Å²) in [5, 5.41) is 0. The second-order valence-corrected chi connectivity index (χ2v) is 4.65. The molecule has 0 aromatic carbocycles. The first kappa shape index (κ1) is 9.13. The molecule has 13 heavy (non-hydrogen) atoms. The predicted molar refractivity (Wildman–Crippen MR) is 55.8 cm³/mol. The second kappa shape index (κ2) is 3.37. The highest BCUT2D eigenvalue weighted by molar-refractivity contribution is 9.10. The standard InChI is InChI=1S/C10H13BrN2/c1-6(2)8-5-12-10(11)9(13-8)7-3-4-7/h5-7H,3-4H2,1-2H3. The number of nitrogens with zero attached hydrogens (tertiary/aromatic N) is 2. The maximum Gasteiger partial charge on any atom is 0.127 e. The Hall–Kier alpha value is -0.440. The summed E-state index contributed by atoms with van der Waals surface area (Å²) >= 11 is 3.45. The fourth-order valence-corrected chi connectivity index (χ4v) is 1.81. The van der Waals surface area contributed by atoms with Crippen molar-refractivity contribution in [3.05, 3.63) is 22.2 Å². The average Bonchev–Trinajstić information content (AvgIpc) is 2.87. The highest BCUT2D eigenvalue weighted by Crippen LogP contribution is 2.41. The Labute approximate surface area is 86.9 Å². The molecule has 0 bridgehead atoms. The van der Waals surface area contributed by atoms with Gasteiger partial charge in [-0.15, -0.1) is 0 Å². The molecule has 0 amide bonds. The van der Waals surface area contributed by atoms with Gasteiger partial charge in [0.15, 0.2) is 0 Å². The molecule has 1 fully saturated rings. The quantitative estimate of drug-likeness (QED) is 0.794. The molecule has 1 aliphatic carbocycles. The van der Waals surface area contributed by atoms with Gasteiger partial charge in [-0.25, -0.2) is 4.98 Å². The van der Waals surface area contributed by atoms with Gasteiger partial charge in [-0.3, -0.25) is 4.98 Å². The van der Waals surface area contributed by atoms with Crippen molar-refractivity contribution in [3.8, 4) is 0 Å². The molecule has 1 heterocycles. The van der Waals surface area contributed by atoms with E-state index < -0.39 is 0 Å². The molecule has 0 spiro atoms. The summed E-state index contributed by atoms with van der Waals surface area (Å²) in [7, 11) is 0. The van der Waals surface area contributed by atoms with E-state index >= 15 is 0 Å². The zero-order chi connectivity index (χ0) is 9.42. The van der Waals surface area contributed by atoms with Gasteiger partial charge in [-0.05, 0) is 34.7 Å². The molecule has 1 aliphatic rings. The highest BCUT2D eigenvalue weighted by Gasteiger charge is 2.28. The van der Waals surface area contributed by atoms with Crippen LogP contribution in [0.4, 0.5) is 0 Å². The van der Waals surface area contributed by atoms with Gasteiger partial charge in [-0.2, -0.15) is 0 Å². The van der Waals surface area contributed by atoms with Crippen molar-refractivity contribution in [1.82, 2.24) is 9.97 Å². The van der Waals surface area contributed by atoms with Crippen molar-refractivity contribution in [2.75, 3.05) is 0 Å². The molecular weight excluding hydrogens is 228 g/mol. The molecule has 0 unspecified atom stereocenters. The zero-order valence-electron chi connectivity index (χ0n) is 7.92. The minimum absolute atomic E-state index is 0.470. The summed E-state index contributed by atoms with van der Waals surface area (Å²) < 4.78 is 0.930. The second-order valence-electron chi connectivity index (χ2n) is 3.90. The van der Waals surface area contributed by atoms with E-state index in [0.29, 0.717) is 11.8 Å². The van der Waals surface area contributed by atoms with Crippen LogP contribution in [0.3, 0.4) is 0 Å². The molecule has 0 atom stereocenters. The van der Waals surface area contributed by atoms with Gasteiger partial charge >= 0.3 is 0 Å². The van der Waals surface area contributed by atoms with Crippen molar-refractivity contribution in [2.45, 2.75) is 38.5 Å². The number of aromatic nitrogens is 2. The lowest BCUT2D eigenvalue weighted by atomic mass is 10.1. The highest BCUT2D eigenvalue weighted by atomic mass is 79.9. The van der Waals surface area contributed by atoms with Crippen molar-refractivity contribution < 1.29 is 0 Å². The first-order valence-corrected chi connectivity index (χ1v) is 5.50. The molecule has 2 rings (SSSR count). The Morgan fingerprint density at radius 1 is 1.46 bits per heavy atom. The van der Waals surface area contributed by atoms with E-state index in [9.17, 15) is 0 Å². The van der Waals surface area contributed by atoms with Crippen LogP contribution in [0.1, 0.15) is 49.9 Å². The Bertz CT molecular complexity index is 319. The fourth-order valence-electron chi connectivity index (χ4n) is 1.30. The lowest BCUT2D eigenvalue weighted by Crippen LogP contribution is -1.99. The fraction of sp³-hybridized carbons (Fsp3) is 0.600. The smallest absolute Gasteiger partial charge is 0.127 e. The number of halogens is 1. The third kappa shape index (κ3) is 1.90. The minimum Gasteiger partial charge on any atom is -0.253 e. The van der Waals surface area contributed by atoms with E-state index in [-0.39, 0.29) is 0 Å². The summed E-state index contributed by atoms with van der Waals surface area (Å²) in [6, 6.07) is 0. The molecular formula is C10H13BrN2. The van der Waals surface area contributed by atoms with Crippen LogP contribution < -0.4 is 0 Å². The molecule has 1 saturated carbocycles. The van der Waals surface area contributed by atoms with E-state index in [1.165, 1.54) is 12.8 Å². The van der Waals surface area contributed by atoms with E-state index in [2.05, 4.69) is 39.7 Å². The minimum atomic E-state index is 0.470. The van der Waals surface area contributed by atoms with Crippen LogP contribution in [0.5, 0.6) is 0 Å². The SMILES string of the molecule is CC(C)c1cnc(Br)c(C2CC2)n1. The van der Waals surface area contributed by atoms with Crippen molar-refractivity contribution >= 4 is 15.9 Å². The summed E-state index contributed by atoms with van der Waals surface area (Å²) in [6.07, 6.45) is 4.41. The summed E-state index contributed by atoms with van der Waals surface area (Å²) in [5.41, 5.74) is 2.26. The van der Waals surface area contributed by atoms with Crippen LogP contribution in [0, 0.1) is 0 Å². The molecule has 2 nitrogen and oxygen atoms in total. The number of hydrogen-bond acceptors (Lipinski definition) is 2. The Morgan fingerprint density at radius 3 is 2.69 bits per heavy atom. The van der Waals surface area contributed by atoms with E-state index in [1.54, 1.807) is 0 Å². The third-order valence-corrected chi connectivity index (χ3v) is 2.94. The molecule has 0 N–H and O–H groups in total. The third-order valence-electron chi connectivity index (χ3n) is 2.33. The van der Waals surface area contributed by atoms with Crippen LogP contribution in [0.2, 0.25) is 0 Å². The molecule has 3 heteroatoms. The van der Waals surface area contributed by atoms with Gasteiger partial charge in [0.05, 0.1) is 17.6 Å². The summed E-state index contributed by atoms with van der Waals surface area (Å²) in [6.45, 7) is 4.29. The molecule has 70 valence electrons. The van der Waals surface area contributed by atoms with Crippen molar-refractivity contribution in [3.63, 3.8) is 0 Å². The van der Waals surface area contributed by atoms with Gasteiger partial charge < -0.3 is 0 Å². The first-order chi connectivity index (χ1) is 6.18. The first-order valence-electron chi connectivity index (χ1n) is 4.71. The zero-order valence-corrected chi connectivity index (χ0v) is 9.50. The largest absolute Gasteiger partial charge is 0.253 e. The monoisotopic (exact) mass is 240 g/mol. The van der Waals surface area contributed by atoms with E-state index in [4.69, 9.17) is 0 Å². The molecule has 0 radical (unpaired) electrons. The maximum absolute atomic E-state index is 4.62. The van der Waals surface area contributed by atoms with Crippen LogP contribution in [0.15, 0.2) is 10.8 Å². The lowest BCUT2D eigenvalue weighted by Gasteiger charge is -2.07. The summed E-state index contributed by atoms with van der Waals surface area (Å²) in [5.74, 6) is 1.14. The van der Waals surface area contributed by atoms with Crippen LogP contribution in [-0.4, -0.2) is 9.97 Å². The van der Waals surface area contributed by atoms with Gasteiger partial charge in [0.25, 0.3) is 0 Å². The number of rotatable bonds is 2. The molecule has 0 saturated heterocycles. The topological polar surface area (TPSA) is 25.8 Å². The van der Waals surface area contributed by atoms with Crippen molar-refractivity contribution in [1.29, 1.82) is 0 Å². The summed E-state index contributed by atoms with van der Waals surface area (Å²) in [4.78, 5) is 8.94. The molecule has 1 aromatic heterocycles. The average molecular weight is 241 g/mol. The normalized spacial score (nSPS) is 16.6. The van der Waals surface area contributed by atoms with Crippen LogP contribution in [0.25, 0.3) is 0 Å².